The van der Waals surface area contributed by atoms with E-state index in [4.69, 9.17) is 25.8 Å². The second-order valence-electron chi connectivity index (χ2n) is 5.94. The first-order valence-electron chi connectivity index (χ1n) is 7.41. The van der Waals surface area contributed by atoms with Crippen molar-refractivity contribution < 1.29 is 23.8 Å². The zero-order valence-corrected chi connectivity index (χ0v) is 14.0. The Balaban J connectivity index is 2.32. The van der Waals surface area contributed by atoms with E-state index in [0.29, 0.717) is 13.0 Å². The van der Waals surface area contributed by atoms with Gasteiger partial charge in [-0.2, -0.15) is 0 Å². The van der Waals surface area contributed by atoms with Crippen LogP contribution in [0.25, 0.3) is 0 Å². The lowest BCUT2D eigenvalue weighted by atomic mass is 9.66. The molecule has 2 aliphatic rings. The molecule has 124 valence electrons. The number of nitrogens with zero attached hydrogens (tertiary/aromatic N) is 1. The lowest BCUT2D eigenvalue weighted by Gasteiger charge is -2.40. The zero-order chi connectivity index (χ0) is 16.8. The fourth-order valence-electron chi connectivity index (χ4n) is 3.71. The van der Waals surface area contributed by atoms with Crippen molar-refractivity contribution >= 4 is 23.5 Å². The fraction of sp³-hybridized carbons (Fsp3) is 0.562. The molecule has 1 fully saturated rings. The number of methoxy groups -OCH3 is 2. The van der Waals surface area contributed by atoms with E-state index in [0.717, 1.165) is 17.5 Å². The quantitative estimate of drug-likeness (QED) is 0.463. The predicted octanol–water partition coefficient (Wildman–Crippen LogP) is 1.59. The molecule has 7 heteroatoms. The highest BCUT2D eigenvalue weighted by atomic mass is 35.5. The maximum Gasteiger partial charge on any atom is 0.332 e. The summed E-state index contributed by atoms with van der Waals surface area (Å²) in [4.78, 5) is 29.8. The number of hydrogen-bond donors (Lipinski definition) is 0. The lowest BCUT2D eigenvalue weighted by molar-refractivity contribution is -0.171. The Kier molecular flexibility index (Phi) is 4.06. The maximum absolute atomic E-state index is 12.7. The second-order valence-corrected chi connectivity index (χ2v) is 6.30. The molecule has 0 amide bonds. The molecule has 2 heterocycles. The van der Waals surface area contributed by atoms with Gasteiger partial charge >= 0.3 is 11.9 Å². The Bertz CT molecular complexity index is 659. The van der Waals surface area contributed by atoms with Crippen molar-refractivity contribution in [2.45, 2.75) is 31.3 Å². The highest BCUT2D eigenvalue weighted by Gasteiger charge is 2.64. The van der Waals surface area contributed by atoms with Gasteiger partial charge in [0.2, 0.25) is 5.41 Å². The van der Waals surface area contributed by atoms with Gasteiger partial charge in [0.25, 0.3) is 0 Å². The summed E-state index contributed by atoms with van der Waals surface area (Å²) in [5, 5.41) is 0.248. The monoisotopic (exact) mass is 339 g/mol. The highest BCUT2D eigenvalue weighted by molar-refractivity contribution is 6.30. The van der Waals surface area contributed by atoms with Crippen LogP contribution in [0.5, 0.6) is 0 Å². The first-order chi connectivity index (χ1) is 11.0. The molecule has 0 bridgehead atoms. The van der Waals surface area contributed by atoms with Crippen molar-refractivity contribution in [3.63, 3.8) is 0 Å². The largest absolute Gasteiger partial charge is 0.468 e. The summed E-state index contributed by atoms with van der Waals surface area (Å²) in [6.45, 7) is 2.32. The van der Waals surface area contributed by atoms with Crippen LogP contribution in [0.3, 0.4) is 0 Å². The molecule has 2 atom stereocenters. The summed E-state index contributed by atoms with van der Waals surface area (Å²) in [5.41, 5.74) is 0.172. The van der Waals surface area contributed by atoms with Crippen molar-refractivity contribution in [3.05, 3.63) is 28.0 Å². The lowest BCUT2D eigenvalue weighted by Crippen LogP contribution is -2.59. The highest BCUT2D eigenvalue weighted by Crippen LogP contribution is 2.47. The molecular weight excluding hydrogens is 322 g/mol. The van der Waals surface area contributed by atoms with Crippen molar-refractivity contribution in [2.24, 2.45) is 5.92 Å². The molecule has 1 aromatic heterocycles. The number of hydrogen-bond acceptors (Lipinski definition) is 6. The van der Waals surface area contributed by atoms with Crippen LogP contribution in [0, 0.1) is 12.8 Å². The Morgan fingerprint density at radius 1 is 1.35 bits per heavy atom. The molecular formula is C16H18ClNO5. The smallest absolute Gasteiger partial charge is 0.332 e. The first kappa shape index (κ1) is 16.2. The number of aromatic nitrogens is 1. The molecule has 0 saturated carbocycles. The van der Waals surface area contributed by atoms with Crippen LogP contribution in [-0.4, -0.2) is 43.9 Å². The van der Waals surface area contributed by atoms with E-state index in [-0.39, 0.29) is 16.8 Å². The summed E-state index contributed by atoms with van der Waals surface area (Å²) in [6.07, 6.45) is 0.795. The van der Waals surface area contributed by atoms with Gasteiger partial charge in [-0.15, -0.1) is 0 Å². The van der Waals surface area contributed by atoms with Gasteiger partial charge in [-0.05, 0) is 36.8 Å². The fourth-order valence-corrected chi connectivity index (χ4v) is 3.85. The number of ether oxygens (including phenoxy) is 3. The molecule has 0 radical (unpaired) electrons. The van der Waals surface area contributed by atoms with E-state index >= 15 is 0 Å². The third-order valence-corrected chi connectivity index (χ3v) is 5.12. The molecule has 1 aromatic rings. The molecule has 23 heavy (non-hydrogen) atoms. The number of aryl methyl sites for hydroxylation is 1. The summed E-state index contributed by atoms with van der Waals surface area (Å²) in [6, 6.07) is 1.87. The van der Waals surface area contributed by atoms with Gasteiger partial charge in [0.1, 0.15) is 5.15 Å². The summed E-state index contributed by atoms with van der Waals surface area (Å²) in [5.74, 6) is -1.42. The van der Waals surface area contributed by atoms with Crippen LogP contribution in [-0.2, 0) is 35.6 Å². The van der Waals surface area contributed by atoms with Gasteiger partial charge in [0.15, 0.2) is 0 Å². The van der Waals surface area contributed by atoms with Gasteiger partial charge in [-0.3, -0.25) is 9.59 Å². The minimum Gasteiger partial charge on any atom is -0.468 e. The van der Waals surface area contributed by atoms with Gasteiger partial charge in [-0.25, -0.2) is 4.98 Å². The summed E-state index contributed by atoms with van der Waals surface area (Å²) >= 11 is 6.16. The topological polar surface area (TPSA) is 74.7 Å². The van der Waals surface area contributed by atoms with Crippen molar-refractivity contribution in [1.29, 1.82) is 0 Å². The number of carbonyl (C=O) groups excluding carboxylic acids is 2. The molecule has 1 saturated heterocycles. The van der Waals surface area contributed by atoms with E-state index in [1.54, 1.807) is 0 Å². The normalized spacial score (nSPS) is 24.5. The molecule has 3 rings (SSSR count). The van der Waals surface area contributed by atoms with Crippen LogP contribution < -0.4 is 0 Å². The van der Waals surface area contributed by atoms with Crippen molar-refractivity contribution in [1.82, 2.24) is 4.98 Å². The minimum absolute atomic E-state index is 0.0306. The summed E-state index contributed by atoms with van der Waals surface area (Å²) < 4.78 is 15.7. The Labute approximate surface area is 139 Å². The van der Waals surface area contributed by atoms with Gasteiger partial charge in [0, 0.05) is 6.61 Å². The first-order valence-corrected chi connectivity index (χ1v) is 7.79. The van der Waals surface area contributed by atoms with Gasteiger partial charge in [0.05, 0.1) is 26.0 Å². The maximum atomic E-state index is 12.7. The van der Waals surface area contributed by atoms with Crippen LogP contribution in [0.15, 0.2) is 6.07 Å². The molecule has 6 nitrogen and oxygen atoms in total. The molecule has 1 aliphatic carbocycles. The number of halogens is 1. The molecule has 0 spiro atoms. The van der Waals surface area contributed by atoms with Crippen molar-refractivity contribution in [3.8, 4) is 0 Å². The predicted molar refractivity (Wildman–Crippen MR) is 81.2 cm³/mol. The van der Waals surface area contributed by atoms with E-state index < -0.39 is 23.5 Å². The SMILES string of the molecule is COC(=O)C1(C(=O)OC)c2nc(Cl)c(C)cc2C[C@@H]2CCO[C@@H]21. The Morgan fingerprint density at radius 3 is 2.61 bits per heavy atom. The van der Waals surface area contributed by atoms with Crippen molar-refractivity contribution in [2.75, 3.05) is 20.8 Å². The van der Waals surface area contributed by atoms with E-state index in [9.17, 15) is 9.59 Å². The Hall–Kier alpha value is -1.66. The molecule has 0 N–H and O–H groups in total. The van der Waals surface area contributed by atoms with E-state index in [2.05, 4.69) is 4.98 Å². The van der Waals surface area contributed by atoms with Crippen LogP contribution in [0.4, 0.5) is 0 Å². The van der Waals surface area contributed by atoms with Crippen LogP contribution >= 0.6 is 11.6 Å². The number of fused-ring (bicyclic) bond motifs is 2. The Morgan fingerprint density at radius 2 is 2.00 bits per heavy atom. The minimum atomic E-state index is -1.73. The summed E-state index contributed by atoms with van der Waals surface area (Å²) in [7, 11) is 2.47. The average Bonchev–Trinajstić information content (AvgIpc) is 3.01. The second kappa shape index (κ2) is 5.76. The third-order valence-electron chi connectivity index (χ3n) is 4.74. The number of rotatable bonds is 2. The van der Waals surface area contributed by atoms with E-state index in [1.165, 1.54) is 14.2 Å². The number of pyridine rings is 1. The average molecular weight is 340 g/mol. The van der Waals surface area contributed by atoms with E-state index in [1.807, 2.05) is 13.0 Å². The zero-order valence-electron chi connectivity index (χ0n) is 13.2. The van der Waals surface area contributed by atoms with Crippen LogP contribution in [0.2, 0.25) is 5.15 Å². The van der Waals surface area contributed by atoms with Gasteiger partial charge in [-0.1, -0.05) is 17.7 Å². The molecule has 1 aliphatic heterocycles. The van der Waals surface area contributed by atoms with Gasteiger partial charge < -0.3 is 14.2 Å². The standard InChI is InChI=1S/C16H18ClNO5/c1-8-6-10-7-9-4-5-23-12(9)16(14(19)21-2,15(20)22-3)11(10)18-13(8)17/h6,9,12H,4-5,7H2,1-3H3/t9-,12-/m0/s1. The van der Waals surface area contributed by atoms with Crippen LogP contribution in [0.1, 0.15) is 23.2 Å². The third kappa shape index (κ3) is 2.16. The molecule has 0 unspecified atom stereocenters. The number of esters is 2. The molecule has 0 aromatic carbocycles. The number of carbonyl (C=O) groups is 2.